The summed E-state index contributed by atoms with van der Waals surface area (Å²) in [7, 11) is 0. The average Bonchev–Trinajstić information content (AvgIpc) is 2.71. The van der Waals surface area contributed by atoms with Crippen molar-refractivity contribution < 1.29 is 18.4 Å². The molecule has 0 saturated heterocycles. The average molecular weight is 428 g/mol. The van der Waals surface area contributed by atoms with Crippen LogP contribution >= 0.6 is 0 Å². The van der Waals surface area contributed by atoms with Crippen LogP contribution < -0.4 is 10.9 Å². The van der Waals surface area contributed by atoms with Gasteiger partial charge in [0.05, 0.1) is 23.0 Å². The summed E-state index contributed by atoms with van der Waals surface area (Å²) in [6.45, 7) is 3.71. The SMILES string of the molecule is CC(C)N(Cc1nc2ccccc2c(=O)[nH]1)C(=O)CCNC(=O)c1ccc(F)cc1F. The number of fused-ring (bicyclic) bond motifs is 1. The second-order valence-electron chi connectivity index (χ2n) is 7.28. The summed E-state index contributed by atoms with van der Waals surface area (Å²) in [6.07, 6.45) is -0.0372. The topological polar surface area (TPSA) is 95.2 Å². The Kier molecular flexibility index (Phi) is 6.74. The molecule has 162 valence electrons. The Morgan fingerprint density at radius 2 is 1.90 bits per heavy atom. The molecule has 0 saturated carbocycles. The van der Waals surface area contributed by atoms with Gasteiger partial charge in [0.2, 0.25) is 5.91 Å². The standard InChI is InChI=1S/C22H22F2N4O3/c1-13(2)28(12-19-26-18-6-4-3-5-16(18)22(31)27-19)20(29)9-10-25-21(30)15-8-7-14(23)11-17(15)24/h3-8,11,13H,9-10,12H2,1-2H3,(H,25,30)(H,26,27,31). The molecule has 3 rings (SSSR count). The van der Waals surface area contributed by atoms with Gasteiger partial charge in [0.1, 0.15) is 17.5 Å². The van der Waals surface area contributed by atoms with Crippen LogP contribution in [0.3, 0.4) is 0 Å². The maximum absolute atomic E-state index is 13.7. The molecule has 1 heterocycles. The molecule has 9 heteroatoms. The van der Waals surface area contributed by atoms with Crippen LogP contribution in [0.4, 0.5) is 8.78 Å². The highest BCUT2D eigenvalue weighted by Gasteiger charge is 2.19. The number of H-pyrrole nitrogens is 1. The minimum Gasteiger partial charge on any atom is -0.351 e. The molecule has 0 aliphatic carbocycles. The van der Waals surface area contributed by atoms with Crippen molar-refractivity contribution in [1.82, 2.24) is 20.2 Å². The Morgan fingerprint density at radius 3 is 2.61 bits per heavy atom. The summed E-state index contributed by atoms with van der Waals surface area (Å²) in [5.74, 6) is -2.41. The lowest BCUT2D eigenvalue weighted by Gasteiger charge is -2.26. The number of nitrogens with one attached hydrogen (secondary N) is 2. The summed E-state index contributed by atoms with van der Waals surface area (Å²) < 4.78 is 26.7. The van der Waals surface area contributed by atoms with Gasteiger partial charge in [0.15, 0.2) is 0 Å². The maximum Gasteiger partial charge on any atom is 0.258 e. The summed E-state index contributed by atoms with van der Waals surface area (Å²) in [4.78, 5) is 45.6. The van der Waals surface area contributed by atoms with Crippen molar-refractivity contribution in [1.29, 1.82) is 0 Å². The number of aromatic amines is 1. The lowest BCUT2D eigenvalue weighted by atomic mass is 10.2. The van der Waals surface area contributed by atoms with E-state index >= 15 is 0 Å². The van der Waals surface area contributed by atoms with Crippen LogP contribution in [-0.2, 0) is 11.3 Å². The van der Waals surface area contributed by atoms with Gasteiger partial charge >= 0.3 is 0 Å². The number of halogens is 2. The van der Waals surface area contributed by atoms with E-state index in [1.54, 1.807) is 24.3 Å². The minimum absolute atomic E-state index is 0.0284. The molecular weight excluding hydrogens is 406 g/mol. The van der Waals surface area contributed by atoms with E-state index in [2.05, 4.69) is 15.3 Å². The molecule has 0 fully saturated rings. The predicted octanol–water partition coefficient (Wildman–Crippen LogP) is 2.76. The van der Waals surface area contributed by atoms with Crippen LogP contribution in [0.15, 0.2) is 47.3 Å². The monoisotopic (exact) mass is 428 g/mol. The molecule has 7 nitrogen and oxygen atoms in total. The van der Waals surface area contributed by atoms with Gasteiger partial charge in [0.25, 0.3) is 11.5 Å². The van der Waals surface area contributed by atoms with Gasteiger partial charge in [-0.05, 0) is 38.1 Å². The first-order chi connectivity index (χ1) is 14.8. The first kappa shape index (κ1) is 22.1. The molecule has 2 aromatic carbocycles. The molecule has 0 radical (unpaired) electrons. The normalized spacial score (nSPS) is 11.0. The highest BCUT2D eigenvalue weighted by Crippen LogP contribution is 2.11. The number of aromatic nitrogens is 2. The van der Waals surface area contributed by atoms with Crippen molar-refractivity contribution in [3.05, 3.63) is 75.8 Å². The molecular formula is C22H22F2N4O3. The Labute approximate surface area is 177 Å². The molecule has 2 N–H and O–H groups in total. The zero-order valence-electron chi connectivity index (χ0n) is 17.1. The molecule has 31 heavy (non-hydrogen) atoms. The van der Waals surface area contributed by atoms with Gasteiger partial charge < -0.3 is 15.2 Å². The molecule has 0 bridgehead atoms. The Bertz CT molecular complexity index is 1180. The van der Waals surface area contributed by atoms with Crippen LogP contribution in [0.5, 0.6) is 0 Å². The Morgan fingerprint density at radius 1 is 1.16 bits per heavy atom. The fraction of sp³-hybridized carbons (Fsp3) is 0.273. The third-order valence-corrected chi connectivity index (χ3v) is 4.73. The number of carbonyl (C=O) groups excluding carboxylic acids is 2. The van der Waals surface area contributed by atoms with E-state index in [9.17, 15) is 23.2 Å². The molecule has 0 unspecified atom stereocenters. The van der Waals surface area contributed by atoms with Crippen LogP contribution in [0.1, 0.15) is 36.5 Å². The smallest absolute Gasteiger partial charge is 0.258 e. The van der Waals surface area contributed by atoms with E-state index < -0.39 is 17.5 Å². The second-order valence-corrected chi connectivity index (χ2v) is 7.28. The van der Waals surface area contributed by atoms with Crippen molar-refractivity contribution >= 4 is 22.7 Å². The Balaban J connectivity index is 1.64. The van der Waals surface area contributed by atoms with Crippen molar-refractivity contribution in [3.63, 3.8) is 0 Å². The van der Waals surface area contributed by atoms with Gasteiger partial charge in [0, 0.05) is 25.1 Å². The largest absolute Gasteiger partial charge is 0.351 e. The zero-order chi connectivity index (χ0) is 22.5. The van der Waals surface area contributed by atoms with Gasteiger partial charge in [-0.25, -0.2) is 13.8 Å². The van der Waals surface area contributed by atoms with Gasteiger partial charge in [-0.1, -0.05) is 12.1 Å². The maximum atomic E-state index is 13.7. The fourth-order valence-electron chi connectivity index (χ4n) is 3.13. The molecule has 0 aliphatic rings. The third kappa shape index (κ3) is 5.30. The number of rotatable bonds is 7. The highest BCUT2D eigenvalue weighted by molar-refractivity contribution is 5.94. The van der Waals surface area contributed by atoms with Gasteiger partial charge in [-0.2, -0.15) is 0 Å². The number of carbonyl (C=O) groups is 2. The lowest BCUT2D eigenvalue weighted by molar-refractivity contribution is -0.133. The highest BCUT2D eigenvalue weighted by atomic mass is 19.1. The summed E-state index contributed by atoms with van der Waals surface area (Å²) >= 11 is 0. The van der Waals surface area contributed by atoms with Gasteiger partial charge in [-0.15, -0.1) is 0 Å². The van der Waals surface area contributed by atoms with E-state index in [0.29, 0.717) is 22.8 Å². The second kappa shape index (κ2) is 9.46. The first-order valence-corrected chi connectivity index (χ1v) is 9.77. The quantitative estimate of drug-likeness (QED) is 0.605. The number of hydrogen-bond donors (Lipinski definition) is 2. The number of nitrogens with zero attached hydrogens (tertiary/aromatic N) is 2. The Hall–Kier alpha value is -3.62. The van der Waals surface area contributed by atoms with Crippen LogP contribution in [0, 0.1) is 11.6 Å². The molecule has 3 aromatic rings. The van der Waals surface area contributed by atoms with Crippen molar-refractivity contribution in [2.75, 3.05) is 6.54 Å². The number of benzene rings is 2. The predicted molar refractivity (Wildman–Crippen MR) is 111 cm³/mol. The number of para-hydroxylation sites is 1. The zero-order valence-corrected chi connectivity index (χ0v) is 17.1. The molecule has 2 amide bonds. The molecule has 0 spiro atoms. The van der Waals surface area contributed by atoms with E-state index in [-0.39, 0.29) is 42.6 Å². The first-order valence-electron chi connectivity index (χ1n) is 9.77. The lowest BCUT2D eigenvalue weighted by Crippen LogP contribution is -2.39. The fourth-order valence-corrected chi connectivity index (χ4v) is 3.13. The number of hydrogen-bond acceptors (Lipinski definition) is 4. The minimum atomic E-state index is -0.973. The van der Waals surface area contributed by atoms with Gasteiger partial charge in [-0.3, -0.25) is 14.4 Å². The summed E-state index contributed by atoms with van der Waals surface area (Å²) in [5.41, 5.74) is -0.0520. The summed E-state index contributed by atoms with van der Waals surface area (Å²) in [6, 6.07) is 9.38. The van der Waals surface area contributed by atoms with Crippen molar-refractivity contribution in [2.24, 2.45) is 0 Å². The van der Waals surface area contributed by atoms with E-state index in [4.69, 9.17) is 0 Å². The molecule has 1 aromatic heterocycles. The van der Waals surface area contributed by atoms with E-state index in [0.717, 1.165) is 12.1 Å². The third-order valence-electron chi connectivity index (χ3n) is 4.73. The number of amides is 2. The van der Waals surface area contributed by atoms with Crippen LogP contribution in [-0.4, -0.2) is 39.3 Å². The van der Waals surface area contributed by atoms with E-state index in [1.165, 1.54) is 4.90 Å². The van der Waals surface area contributed by atoms with Crippen LogP contribution in [0.25, 0.3) is 10.9 Å². The molecule has 0 atom stereocenters. The van der Waals surface area contributed by atoms with Crippen LogP contribution in [0.2, 0.25) is 0 Å². The van der Waals surface area contributed by atoms with Crippen molar-refractivity contribution in [2.45, 2.75) is 32.9 Å². The summed E-state index contributed by atoms with van der Waals surface area (Å²) in [5, 5.41) is 2.92. The van der Waals surface area contributed by atoms with E-state index in [1.807, 2.05) is 13.8 Å². The molecule has 0 aliphatic heterocycles. The van der Waals surface area contributed by atoms with Crippen molar-refractivity contribution in [3.8, 4) is 0 Å².